The molecule has 0 saturated heterocycles. The molecule has 1 heterocycles. The second-order valence-corrected chi connectivity index (χ2v) is 9.61. The van der Waals surface area contributed by atoms with Gasteiger partial charge in [-0.05, 0) is 53.9 Å². The SMILES string of the molecule is O=C(Nc1ccc2c(c1)CN(S(=O)(=O)c1ccccc1)CC2)c1ccc(Cl)c([N+](=O)[O-])c1. The highest BCUT2D eigenvalue weighted by Crippen LogP contribution is 2.28. The Labute approximate surface area is 189 Å². The first-order valence-electron chi connectivity index (χ1n) is 9.68. The summed E-state index contributed by atoms with van der Waals surface area (Å²) in [5.74, 6) is -0.533. The Morgan fingerprint density at radius 3 is 2.50 bits per heavy atom. The third-order valence-corrected chi connectivity index (χ3v) is 7.41. The third kappa shape index (κ3) is 4.36. The van der Waals surface area contributed by atoms with E-state index in [0.717, 1.165) is 17.2 Å². The molecule has 4 rings (SSSR count). The van der Waals surface area contributed by atoms with Gasteiger partial charge in [0.25, 0.3) is 11.6 Å². The van der Waals surface area contributed by atoms with Gasteiger partial charge in [0, 0.05) is 30.4 Å². The van der Waals surface area contributed by atoms with E-state index in [1.54, 1.807) is 42.5 Å². The minimum Gasteiger partial charge on any atom is -0.322 e. The molecular weight excluding hydrogens is 454 g/mol. The van der Waals surface area contributed by atoms with Crippen molar-refractivity contribution in [3.8, 4) is 0 Å². The lowest BCUT2D eigenvalue weighted by Gasteiger charge is -2.28. The molecule has 0 aromatic heterocycles. The molecular formula is C22H18ClN3O5S. The van der Waals surface area contributed by atoms with Gasteiger partial charge >= 0.3 is 0 Å². The van der Waals surface area contributed by atoms with Gasteiger partial charge in [-0.3, -0.25) is 14.9 Å². The summed E-state index contributed by atoms with van der Waals surface area (Å²) in [5.41, 5.74) is 1.99. The number of fused-ring (bicyclic) bond motifs is 1. The molecule has 1 N–H and O–H groups in total. The molecule has 0 bridgehead atoms. The first-order valence-corrected chi connectivity index (χ1v) is 11.5. The van der Waals surface area contributed by atoms with E-state index in [4.69, 9.17) is 11.6 Å². The van der Waals surface area contributed by atoms with Crippen molar-refractivity contribution in [1.82, 2.24) is 4.31 Å². The summed E-state index contributed by atoms with van der Waals surface area (Å²) in [6.45, 7) is 0.549. The second-order valence-electron chi connectivity index (χ2n) is 7.26. The van der Waals surface area contributed by atoms with E-state index in [-0.39, 0.29) is 27.7 Å². The van der Waals surface area contributed by atoms with E-state index >= 15 is 0 Å². The number of carbonyl (C=O) groups excluding carboxylic acids is 1. The van der Waals surface area contributed by atoms with Crippen molar-refractivity contribution in [2.75, 3.05) is 11.9 Å². The number of hydrogen-bond acceptors (Lipinski definition) is 5. The summed E-state index contributed by atoms with van der Waals surface area (Å²) < 4.78 is 27.3. The van der Waals surface area contributed by atoms with Crippen LogP contribution in [0.2, 0.25) is 5.02 Å². The van der Waals surface area contributed by atoms with Crippen LogP contribution in [0.25, 0.3) is 0 Å². The maximum atomic E-state index is 12.9. The average molecular weight is 472 g/mol. The molecule has 0 unspecified atom stereocenters. The third-order valence-electron chi connectivity index (χ3n) is 5.23. The number of nitrogens with one attached hydrogen (secondary N) is 1. The van der Waals surface area contributed by atoms with Gasteiger partial charge in [-0.1, -0.05) is 35.9 Å². The van der Waals surface area contributed by atoms with Gasteiger partial charge in [0.2, 0.25) is 10.0 Å². The number of nitro groups is 1. The predicted octanol–water partition coefficient (Wildman–Crippen LogP) is 4.25. The number of hydrogen-bond donors (Lipinski definition) is 1. The van der Waals surface area contributed by atoms with Gasteiger partial charge in [0.05, 0.1) is 9.82 Å². The van der Waals surface area contributed by atoms with Crippen molar-refractivity contribution in [3.63, 3.8) is 0 Å². The zero-order valence-corrected chi connectivity index (χ0v) is 18.3. The summed E-state index contributed by atoms with van der Waals surface area (Å²) in [6.07, 6.45) is 0.555. The number of rotatable bonds is 5. The Morgan fingerprint density at radius 2 is 1.78 bits per heavy atom. The summed E-state index contributed by atoms with van der Waals surface area (Å²) in [5, 5.41) is 13.7. The molecule has 0 radical (unpaired) electrons. The summed E-state index contributed by atoms with van der Waals surface area (Å²) in [4.78, 5) is 23.2. The van der Waals surface area contributed by atoms with Gasteiger partial charge in [-0.15, -0.1) is 0 Å². The Kier molecular flexibility index (Phi) is 5.96. The van der Waals surface area contributed by atoms with Crippen molar-refractivity contribution in [3.05, 3.63) is 98.6 Å². The molecule has 32 heavy (non-hydrogen) atoms. The molecule has 3 aromatic rings. The van der Waals surface area contributed by atoms with Crippen molar-refractivity contribution in [2.24, 2.45) is 0 Å². The van der Waals surface area contributed by atoms with Crippen LogP contribution in [0, 0.1) is 10.1 Å². The number of carbonyl (C=O) groups is 1. The number of benzene rings is 3. The summed E-state index contributed by atoms with van der Waals surface area (Å²) in [7, 11) is -3.63. The molecule has 8 nitrogen and oxygen atoms in total. The lowest BCUT2D eigenvalue weighted by Crippen LogP contribution is -2.36. The smallest absolute Gasteiger partial charge is 0.288 e. The van der Waals surface area contributed by atoms with E-state index in [1.165, 1.54) is 16.4 Å². The quantitative estimate of drug-likeness (QED) is 0.442. The standard InChI is InChI=1S/C22H18ClN3O5S/c23-20-9-7-16(13-21(20)26(28)29)22(27)24-18-8-6-15-10-11-25(14-17(15)12-18)32(30,31)19-4-2-1-3-5-19/h1-9,12-13H,10-11,14H2,(H,24,27). The van der Waals surface area contributed by atoms with Crippen LogP contribution in [0.3, 0.4) is 0 Å². The maximum Gasteiger partial charge on any atom is 0.288 e. The zero-order valence-electron chi connectivity index (χ0n) is 16.7. The maximum absolute atomic E-state index is 12.9. The van der Waals surface area contributed by atoms with Gasteiger partial charge in [0.1, 0.15) is 5.02 Å². The average Bonchev–Trinajstić information content (AvgIpc) is 2.79. The van der Waals surface area contributed by atoms with Crippen LogP contribution >= 0.6 is 11.6 Å². The minimum absolute atomic E-state index is 0.0555. The first kappa shape index (κ1) is 21.9. The van der Waals surface area contributed by atoms with E-state index in [2.05, 4.69) is 5.32 Å². The van der Waals surface area contributed by atoms with Crippen LogP contribution in [0.15, 0.2) is 71.6 Å². The van der Waals surface area contributed by atoms with Gasteiger partial charge in [-0.2, -0.15) is 4.31 Å². The Morgan fingerprint density at radius 1 is 1.03 bits per heavy atom. The lowest BCUT2D eigenvalue weighted by atomic mass is 10.0. The zero-order chi connectivity index (χ0) is 22.9. The molecule has 0 aliphatic carbocycles. The molecule has 1 amide bonds. The van der Waals surface area contributed by atoms with Crippen LogP contribution in [0.1, 0.15) is 21.5 Å². The topological polar surface area (TPSA) is 110 Å². The molecule has 10 heteroatoms. The highest BCUT2D eigenvalue weighted by molar-refractivity contribution is 7.89. The van der Waals surface area contributed by atoms with Crippen molar-refractivity contribution in [1.29, 1.82) is 0 Å². The number of halogens is 1. The number of amides is 1. The highest BCUT2D eigenvalue weighted by atomic mass is 35.5. The first-order chi connectivity index (χ1) is 15.3. The van der Waals surface area contributed by atoms with Gasteiger partial charge in [0.15, 0.2) is 0 Å². The van der Waals surface area contributed by atoms with Crippen LogP contribution in [-0.4, -0.2) is 30.1 Å². The molecule has 1 aliphatic heterocycles. The monoisotopic (exact) mass is 471 g/mol. The number of nitrogens with zero attached hydrogens (tertiary/aromatic N) is 2. The second kappa shape index (κ2) is 8.70. The molecule has 3 aromatic carbocycles. The summed E-state index contributed by atoms with van der Waals surface area (Å²) in [6, 6.07) is 17.4. The van der Waals surface area contributed by atoms with Crippen LogP contribution in [0.4, 0.5) is 11.4 Å². The van der Waals surface area contributed by atoms with Crippen LogP contribution < -0.4 is 5.32 Å². The highest BCUT2D eigenvalue weighted by Gasteiger charge is 2.28. The predicted molar refractivity (Wildman–Crippen MR) is 120 cm³/mol. The van der Waals surface area contributed by atoms with Crippen LogP contribution in [-0.2, 0) is 23.0 Å². The van der Waals surface area contributed by atoms with E-state index in [1.807, 2.05) is 6.07 Å². The van der Waals surface area contributed by atoms with Crippen molar-refractivity contribution < 1.29 is 18.1 Å². The van der Waals surface area contributed by atoms with Gasteiger partial charge in [-0.25, -0.2) is 8.42 Å². The molecule has 0 fully saturated rings. The summed E-state index contributed by atoms with van der Waals surface area (Å²) >= 11 is 5.80. The fourth-order valence-corrected chi connectivity index (χ4v) is 5.18. The Bertz CT molecular complexity index is 1310. The largest absolute Gasteiger partial charge is 0.322 e. The molecule has 164 valence electrons. The lowest BCUT2D eigenvalue weighted by molar-refractivity contribution is -0.384. The molecule has 1 aliphatic rings. The number of sulfonamides is 1. The Balaban J connectivity index is 1.55. The molecule has 0 atom stereocenters. The number of nitro benzene ring substituents is 1. The van der Waals surface area contributed by atoms with E-state index < -0.39 is 20.9 Å². The number of anilines is 1. The molecule has 0 spiro atoms. The van der Waals surface area contributed by atoms with Crippen LogP contribution in [0.5, 0.6) is 0 Å². The minimum atomic E-state index is -3.63. The fourth-order valence-electron chi connectivity index (χ4n) is 3.55. The normalized spacial score (nSPS) is 13.9. The van der Waals surface area contributed by atoms with Crippen molar-refractivity contribution >= 4 is 38.9 Å². The van der Waals surface area contributed by atoms with Crippen molar-refractivity contribution in [2.45, 2.75) is 17.9 Å². The fraction of sp³-hybridized carbons (Fsp3) is 0.136. The van der Waals surface area contributed by atoms with Gasteiger partial charge < -0.3 is 5.32 Å². The Hall–Kier alpha value is -3.27. The molecule has 0 saturated carbocycles. The van der Waals surface area contributed by atoms with E-state index in [0.29, 0.717) is 18.7 Å². The van der Waals surface area contributed by atoms with E-state index in [9.17, 15) is 23.3 Å².